The molecule has 3 heterocycles. The lowest BCUT2D eigenvalue weighted by molar-refractivity contribution is -0.125. The predicted molar refractivity (Wildman–Crippen MR) is 181 cm³/mol. The van der Waals surface area contributed by atoms with Gasteiger partial charge >= 0.3 is 19.9 Å². The molecule has 0 aromatic heterocycles. The topological polar surface area (TPSA) is 223 Å². The predicted octanol–water partition coefficient (Wildman–Crippen LogP) is 1.02. The summed E-state index contributed by atoms with van der Waals surface area (Å²) < 4.78 is 32.2. The van der Waals surface area contributed by atoms with Gasteiger partial charge in [0, 0.05) is 58.4 Å². The van der Waals surface area contributed by atoms with Crippen LogP contribution in [0.1, 0.15) is 51.4 Å². The maximum Gasteiger partial charge on any atom is 0.472 e. The van der Waals surface area contributed by atoms with Gasteiger partial charge in [0.2, 0.25) is 17.7 Å². The molecule has 3 aliphatic heterocycles. The Kier molecular flexibility index (Phi) is 17.3. The second kappa shape index (κ2) is 20.8. The Bertz CT molecular complexity index is 1210. The number of hydrogen-bond donors (Lipinski definition) is 6. The number of hydrogen-bond acceptors (Lipinski definition) is 11. The lowest BCUT2D eigenvalue weighted by Crippen LogP contribution is -2.57. The van der Waals surface area contributed by atoms with Crippen LogP contribution < -0.4 is 26.6 Å². The van der Waals surface area contributed by atoms with Crippen molar-refractivity contribution in [2.75, 3.05) is 59.9 Å². The maximum absolute atomic E-state index is 12.5. The van der Waals surface area contributed by atoms with Gasteiger partial charge in [-0.3, -0.25) is 28.7 Å². The fraction of sp³-hybridized carbons (Fsp3) is 0.767. The number of nitrogens with zero attached hydrogens (tertiary/aromatic N) is 1. The highest BCUT2D eigenvalue weighted by Gasteiger charge is 2.42. The molecule has 49 heavy (non-hydrogen) atoms. The average Bonchev–Trinajstić information content (AvgIpc) is 3.62. The van der Waals surface area contributed by atoms with Crippen LogP contribution in [0, 0.1) is 5.92 Å². The van der Waals surface area contributed by atoms with Gasteiger partial charge in [-0.1, -0.05) is 25.3 Å². The summed E-state index contributed by atoms with van der Waals surface area (Å²) in [7, 11) is -0.689. The van der Waals surface area contributed by atoms with Gasteiger partial charge in [0.05, 0.1) is 31.2 Å². The Morgan fingerprint density at radius 3 is 2.47 bits per heavy atom. The quantitative estimate of drug-likeness (QED) is 0.0375. The van der Waals surface area contributed by atoms with Crippen LogP contribution in [0.4, 0.5) is 9.59 Å². The van der Waals surface area contributed by atoms with Crippen molar-refractivity contribution in [3.8, 4) is 0 Å². The smallest absolute Gasteiger partial charge is 0.382 e. The maximum atomic E-state index is 12.5. The number of urea groups is 2. The van der Waals surface area contributed by atoms with Crippen molar-refractivity contribution < 1.29 is 52.0 Å². The summed E-state index contributed by atoms with van der Waals surface area (Å²) >= 11 is 1.88. The second-order valence-electron chi connectivity index (χ2n) is 12.1. The number of ether oxygens (including phenoxy) is 2. The number of phosphoric acid groups is 1. The molecule has 0 aliphatic carbocycles. The summed E-state index contributed by atoms with van der Waals surface area (Å²) in [5, 5.41) is 14.3. The van der Waals surface area contributed by atoms with Crippen molar-refractivity contribution in [3.05, 3.63) is 12.2 Å². The third-order valence-electron chi connectivity index (χ3n) is 8.50. The minimum Gasteiger partial charge on any atom is -0.382 e. The molecule has 3 rings (SSSR count). The van der Waals surface area contributed by atoms with Crippen LogP contribution >= 0.6 is 19.6 Å². The van der Waals surface area contributed by atoms with Crippen LogP contribution in [-0.4, -0.2) is 129 Å². The van der Waals surface area contributed by atoms with Gasteiger partial charge in [0.25, 0.3) is 0 Å². The monoisotopic (exact) mass is 734 g/mol. The molecule has 278 valence electrons. The fourth-order valence-electron chi connectivity index (χ4n) is 5.80. The summed E-state index contributed by atoms with van der Waals surface area (Å²) in [5.41, 5.74) is 0. The molecule has 19 heteroatoms. The molecule has 7 amide bonds. The van der Waals surface area contributed by atoms with Crippen LogP contribution in [-0.2, 0) is 37.5 Å². The highest BCUT2D eigenvalue weighted by Crippen LogP contribution is 2.44. The number of phosphoric ester groups is 1. The van der Waals surface area contributed by atoms with Crippen molar-refractivity contribution >= 4 is 49.4 Å². The first kappa shape index (κ1) is 40.7. The number of fused-ring (bicyclic) bond motifs is 1. The first-order valence-electron chi connectivity index (χ1n) is 16.6. The van der Waals surface area contributed by atoms with E-state index in [4.69, 9.17) is 14.0 Å². The average molecular weight is 735 g/mol. The molecule has 0 bridgehead atoms. The Labute approximate surface area is 291 Å². The molecule has 6 N–H and O–H groups in total. The van der Waals surface area contributed by atoms with E-state index in [1.54, 1.807) is 0 Å². The van der Waals surface area contributed by atoms with Gasteiger partial charge in [-0.2, -0.15) is 11.8 Å². The fourth-order valence-corrected chi connectivity index (χ4v) is 7.97. The van der Waals surface area contributed by atoms with Crippen LogP contribution in [0.15, 0.2) is 12.2 Å². The third-order valence-corrected chi connectivity index (χ3v) is 11.0. The van der Waals surface area contributed by atoms with E-state index in [1.807, 2.05) is 11.8 Å². The minimum absolute atomic E-state index is 0.0105. The van der Waals surface area contributed by atoms with Crippen LogP contribution in [0.2, 0.25) is 0 Å². The molecule has 3 aliphatic rings. The third kappa shape index (κ3) is 13.8. The van der Waals surface area contributed by atoms with E-state index in [-0.39, 0.29) is 49.6 Å². The van der Waals surface area contributed by atoms with Gasteiger partial charge in [0.15, 0.2) is 0 Å². The van der Waals surface area contributed by atoms with Crippen molar-refractivity contribution in [1.82, 2.24) is 31.5 Å². The second-order valence-corrected chi connectivity index (χ2v) is 14.9. The number of amides is 7. The van der Waals surface area contributed by atoms with Crippen molar-refractivity contribution in [1.29, 1.82) is 0 Å². The number of carbonyl (C=O) groups excluding carboxylic acids is 5. The minimum atomic E-state index is -4.45. The number of rotatable bonds is 23. The Morgan fingerprint density at radius 2 is 1.78 bits per heavy atom. The van der Waals surface area contributed by atoms with E-state index in [9.17, 15) is 33.4 Å². The molecule has 0 spiro atoms. The Balaban J connectivity index is 1.27. The zero-order valence-electron chi connectivity index (χ0n) is 28.4. The summed E-state index contributed by atoms with van der Waals surface area (Å²) in [6.45, 7) is 0.708. The van der Waals surface area contributed by atoms with Gasteiger partial charge in [0.1, 0.15) is 12.2 Å². The molecular weight excluding hydrogens is 683 g/mol. The highest BCUT2D eigenvalue weighted by atomic mass is 32.2. The molecule has 0 radical (unpaired) electrons. The number of thioether (sulfide) groups is 1. The summed E-state index contributed by atoms with van der Waals surface area (Å²) in [6.07, 6.45) is 7.26. The van der Waals surface area contributed by atoms with E-state index < -0.39 is 37.9 Å². The van der Waals surface area contributed by atoms with Crippen LogP contribution in [0.3, 0.4) is 0 Å². The Morgan fingerprint density at radius 1 is 1.04 bits per heavy atom. The molecule has 17 nitrogen and oxygen atoms in total. The molecule has 3 saturated heterocycles. The molecule has 0 saturated carbocycles. The highest BCUT2D eigenvalue weighted by molar-refractivity contribution is 8.00. The molecule has 0 aromatic rings. The molecular formula is C30H51N6O11PS. The molecule has 7 unspecified atom stereocenters. The zero-order valence-corrected chi connectivity index (χ0v) is 30.1. The molecule has 7 atom stereocenters. The van der Waals surface area contributed by atoms with E-state index in [1.165, 1.54) is 31.3 Å². The van der Waals surface area contributed by atoms with Gasteiger partial charge < -0.3 is 40.5 Å². The Hall–Kier alpha value is -2.73. The van der Waals surface area contributed by atoms with Gasteiger partial charge in [-0.05, 0) is 31.8 Å². The van der Waals surface area contributed by atoms with Crippen LogP contribution in [0.5, 0.6) is 0 Å². The number of methoxy groups -OCH3 is 2. The SMILES string of the molecule is COCC(OC)C(CN1CC(/C=C/C(=O)NCCCCCCNC(=O)CCCCC2SCC3NC(=O)NC32)C(=O)NC1=O)OP(=O)(O)OC. The number of imide groups is 1. The number of carbonyl (C=O) groups is 5. The van der Waals surface area contributed by atoms with Crippen molar-refractivity contribution in [3.63, 3.8) is 0 Å². The van der Waals surface area contributed by atoms with Gasteiger partial charge in [-0.15, -0.1) is 0 Å². The summed E-state index contributed by atoms with van der Waals surface area (Å²) in [4.78, 5) is 72.0. The van der Waals surface area contributed by atoms with Gasteiger partial charge in [-0.25, -0.2) is 14.2 Å². The van der Waals surface area contributed by atoms with E-state index in [0.717, 1.165) is 57.8 Å². The first-order chi connectivity index (χ1) is 23.5. The number of nitrogens with one attached hydrogen (secondary N) is 5. The summed E-state index contributed by atoms with van der Waals surface area (Å²) in [5.74, 6) is -0.838. The lowest BCUT2D eigenvalue weighted by Gasteiger charge is -2.35. The van der Waals surface area contributed by atoms with E-state index in [2.05, 4.69) is 31.1 Å². The number of unbranched alkanes of at least 4 members (excludes halogenated alkanes) is 4. The first-order valence-corrected chi connectivity index (χ1v) is 19.1. The zero-order chi connectivity index (χ0) is 35.8. The van der Waals surface area contributed by atoms with E-state index in [0.29, 0.717) is 24.8 Å². The van der Waals surface area contributed by atoms with Crippen LogP contribution in [0.25, 0.3) is 0 Å². The van der Waals surface area contributed by atoms with Crippen molar-refractivity contribution in [2.45, 2.75) is 80.9 Å². The normalized spacial score (nSPS) is 24.5. The largest absolute Gasteiger partial charge is 0.472 e. The summed E-state index contributed by atoms with van der Waals surface area (Å²) in [6, 6.07) is -0.396. The van der Waals surface area contributed by atoms with E-state index >= 15 is 0 Å². The molecule has 0 aromatic carbocycles. The molecule has 3 fully saturated rings. The standard InChI is InChI=1S/C30H51N6O11PS/c1-44-18-23(45-2)22(47-48(42,43)46-3)17-36-16-20(28(39)35-30(36)41)12-13-26(38)32-15-9-5-4-8-14-31-25(37)11-7-6-10-24-27-21(19-49-24)33-29(40)34-27/h12-13,20-24,27H,4-11,14-19H2,1-3H3,(H,31,37)(H,32,38)(H,42,43)(H2,33,34,40)(H,35,39,41)/b13-12+. The lowest BCUT2D eigenvalue weighted by atomic mass is 10.0. The van der Waals surface area contributed by atoms with Crippen molar-refractivity contribution in [2.24, 2.45) is 5.92 Å².